The SMILES string of the molecule is CC(C)(C)c1ccc(CCC(O)COCc2ccc(C(=O)O)cc2)cc1. The average molecular weight is 356 g/mol. The Bertz CT molecular complexity index is 696. The summed E-state index contributed by atoms with van der Waals surface area (Å²) < 4.78 is 5.54. The maximum atomic E-state index is 10.8. The Balaban J connectivity index is 1.71. The second-order valence-corrected chi connectivity index (χ2v) is 7.66. The molecule has 0 heterocycles. The van der Waals surface area contributed by atoms with Gasteiger partial charge in [-0.15, -0.1) is 0 Å². The fourth-order valence-corrected chi connectivity index (χ4v) is 2.64. The van der Waals surface area contributed by atoms with Gasteiger partial charge in [0.1, 0.15) is 0 Å². The molecule has 0 saturated heterocycles. The van der Waals surface area contributed by atoms with Gasteiger partial charge in [0.15, 0.2) is 0 Å². The number of carbonyl (C=O) groups is 1. The number of benzene rings is 2. The van der Waals surface area contributed by atoms with E-state index in [4.69, 9.17) is 9.84 Å². The van der Waals surface area contributed by atoms with Gasteiger partial charge in [0.25, 0.3) is 0 Å². The zero-order chi connectivity index (χ0) is 19.2. The molecule has 1 atom stereocenters. The van der Waals surface area contributed by atoms with Crippen molar-refractivity contribution in [2.75, 3.05) is 6.61 Å². The highest BCUT2D eigenvalue weighted by atomic mass is 16.5. The van der Waals surface area contributed by atoms with Gasteiger partial charge in [-0.3, -0.25) is 0 Å². The molecule has 4 nitrogen and oxygen atoms in total. The molecule has 0 aliphatic carbocycles. The summed E-state index contributed by atoms with van der Waals surface area (Å²) in [5, 5.41) is 19.0. The second kappa shape index (κ2) is 8.97. The zero-order valence-corrected chi connectivity index (χ0v) is 15.7. The van der Waals surface area contributed by atoms with Crippen LogP contribution < -0.4 is 0 Å². The van der Waals surface area contributed by atoms with Crippen molar-refractivity contribution in [1.29, 1.82) is 0 Å². The number of hydrogen-bond acceptors (Lipinski definition) is 3. The number of carboxylic acids is 1. The Kier molecular flexibility index (Phi) is 6.95. The molecule has 0 fully saturated rings. The van der Waals surface area contributed by atoms with Gasteiger partial charge in [0.05, 0.1) is 24.9 Å². The van der Waals surface area contributed by atoms with Crippen LogP contribution in [0.25, 0.3) is 0 Å². The van der Waals surface area contributed by atoms with E-state index in [9.17, 15) is 9.90 Å². The Morgan fingerprint density at radius 3 is 2.12 bits per heavy atom. The van der Waals surface area contributed by atoms with Crippen molar-refractivity contribution >= 4 is 5.97 Å². The third-order valence-corrected chi connectivity index (χ3v) is 4.37. The van der Waals surface area contributed by atoms with E-state index >= 15 is 0 Å². The molecular weight excluding hydrogens is 328 g/mol. The molecule has 2 aromatic carbocycles. The first-order chi connectivity index (χ1) is 12.3. The first kappa shape index (κ1) is 20.1. The van der Waals surface area contributed by atoms with Gasteiger partial charge in [-0.2, -0.15) is 0 Å². The number of aliphatic hydroxyl groups is 1. The van der Waals surface area contributed by atoms with Gasteiger partial charge in [-0.05, 0) is 47.1 Å². The Labute approximate surface area is 155 Å². The lowest BCUT2D eigenvalue weighted by molar-refractivity contribution is 0.0247. The highest BCUT2D eigenvalue weighted by molar-refractivity contribution is 5.87. The van der Waals surface area contributed by atoms with Crippen LogP contribution in [0.15, 0.2) is 48.5 Å². The average Bonchev–Trinajstić information content (AvgIpc) is 2.60. The molecular formula is C22H28O4. The van der Waals surface area contributed by atoms with Crippen molar-refractivity contribution < 1.29 is 19.7 Å². The largest absolute Gasteiger partial charge is 0.478 e. The van der Waals surface area contributed by atoms with Crippen LogP contribution in [0, 0.1) is 0 Å². The number of aliphatic hydroxyl groups excluding tert-OH is 1. The minimum absolute atomic E-state index is 0.147. The van der Waals surface area contributed by atoms with E-state index in [-0.39, 0.29) is 17.6 Å². The summed E-state index contributed by atoms with van der Waals surface area (Å²) in [7, 11) is 0. The summed E-state index contributed by atoms with van der Waals surface area (Å²) >= 11 is 0. The van der Waals surface area contributed by atoms with Crippen LogP contribution in [-0.2, 0) is 23.2 Å². The highest BCUT2D eigenvalue weighted by Crippen LogP contribution is 2.22. The van der Waals surface area contributed by atoms with E-state index in [1.807, 2.05) is 0 Å². The summed E-state index contributed by atoms with van der Waals surface area (Å²) in [6, 6.07) is 15.1. The van der Waals surface area contributed by atoms with Crippen molar-refractivity contribution in [3.8, 4) is 0 Å². The van der Waals surface area contributed by atoms with E-state index < -0.39 is 12.1 Å². The van der Waals surface area contributed by atoms with Crippen LogP contribution >= 0.6 is 0 Å². The Morgan fingerprint density at radius 2 is 1.58 bits per heavy atom. The molecule has 0 saturated carbocycles. The molecule has 4 heteroatoms. The minimum atomic E-state index is -0.941. The third kappa shape index (κ3) is 6.28. The second-order valence-electron chi connectivity index (χ2n) is 7.66. The predicted molar refractivity (Wildman–Crippen MR) is 103 cm³/mol. The van der Waals surface area contributed by atoms with Crippen molar-refractivity contribution in [1.82, 2.24) is 0 Å². The number of ether oxygens (including phenoxy) is 1. The maximum absolute atomic E-state index is 10.8. The van der Waals surface area contributed by atoms with Crippen LogP contribution in [0.2, 0.25) is 0 Å². The molecule has 2 rings (SSSR count). The van der Waals surface area contributed by atoms with Crippen molar-refractivity contribution in [2.24, 2.45) is 0 Å². The number of aryl methyl sites for hydroxylation is 1. The summed E-state index contributed by atoms with van der Waals surface area (Å²) in [5.74, 6) is -0.941. The molecule has 0 aliphatic rings. The molecule has 0 radical (unpaired) electrons. The van der Waals surface area contributed by atoms with Gasteiger partial charge < -0.3 is 14.9 Å². The van der Waals surface area contributed by atoms with E-state index in [0.717, 1.165) is 12.0 Å². The fourth-order valence-electron chi connectivity index (χ4n) is 2.64. The third-order valence-electron chi connectivity index (χ3n) is 4.37. The molecule has 26 heavy (non-hydrogen) atoms. The molecule has 0 amide bonds. The van der Waals surface area contributed by atoms with Gasteiger partial charge in [-0.1, -0.05) is 57.2 Å². The van der Waals surface area contributed by atoms with Crippen LogP contribution in [0.5, 0.6) is 0 Å². The zero-order valence-electron chi connectivity index (χ0n) is 15.7. The molecule has 0 aliphatic heterocycles. The summed E-state index contributed by atoms with van der Waals surface area (Å²) in [4.78, 5) is 10.8. The number of aromatic carboxylic acids is 1. The van der Waals surface area contributed by atoms with E-state index in [1.165, 1.54) is 11.1 Å². The standard InChI is InChI=1S/C22H28O4/c1-22(2,3)19-11-6-16(7-12-19)8-13-20(23)15-26-14-17-4-9-18(10-5-17)21(24)25/h4-7,9-12,20,23H,8,13-15H2,1-3H3,(H,24,25). The topological polar surface area (TPSA) is 66.8 Å². The smallest absolute Gasteiger partial charge is 0.335 e. The Hall–Kier alpha value is -2.17. The van der Waals surface area contributed by atoms with Crippen molar-refractivity contribution in [2.45, 2.75) is 51.7 Å². The molecule has 0 bridgehead atoms. The summed E-state index contributed by atoms with van der Waals surface area (Å²) in [5.41, 5.74) is 3.81. The quantitative estimate of drug-likeness (QED) is 0.744. The van der Waals surface area contributed by atoms with Crippen molar-refractivity contribution in [3.05, 3.63) is 70.8 Å². The number of hydrogen-bond donors (Lipinski definition) is 2. The molecule has 2 N–H and O–H groups in total. The first-order valence-electron chi connectivity index (χ1n) is 8.93. The number of carboxylic acid groups (broad SMARTS) is 1. The van der Waals surface area contributed by atoms with Gasteiger partial charge in [-0.25, -0.2) is 4.79 Å². The molecule has 0 spiro atoms. The van der Waals surface area contributed by atoms with E-state index in [0.29, 0.717) is 13.0 Å². The van der Waals surface area contributed by atoms with Crippen molar-refractivity contribution in [3.63, 3.8) is 0 Å². The van der Waals surface area contributed by atoms with Gasteiger partial charge in [0, 0.05) is 0 Å². The Morgan fingerprint density at radius 1 is 1.00 bits per heavy atom. The van der Waals surface area contributed by atoms with Gasteiger partial charge in [0.2, 0.25) is 0 Å². The van der Waals surface area contributed by atoms with Crippen LogP contribution in [0.1, 0.15) is 54.2 Å². The first-order valence-corrected chi connectivity index (χ1v) is 8.93. The van der Waals surface area contributed by atoms with E-state index in [2.05, 4.69) is 45.0 Å². The molecule has 2 aromatic rings. The lowest BCUT2D eigenvalue weighted by Gasteiger charge is -2.19. The predicted octanol–water partition coefficient (Wildman–Crippen LogP) is 4.19. The lowest BCUT2D eigenvalue weighted by Crippen LogP contribution is -2.16. The number of rotatable bonds is 8. The van der Waals surface area contributed by atoms with Crippen LogP contribution in [-0.4, -0.2) is 28.9 Å². The van der Waals surface area contributed by atoms with E-state index in [1.54, 1.807) is 24.3 Å². The molecule has 1 unspecified atom stereocenters. The van der Waals surface area contributed by atoms with Gasteiger partial charge >= 0.3 is 5.97 Å². The summed E-state index contributed by atoms with van der Waals surface area (Å²) in [6.45, 7) is 7.20. The molecule has 0 aromatic heterocycles. The fraction of sp³-hybridized carbons (Fsp3) is 0.409. The monoisotopic (exact) mass is 356 g/mol. The summed E-state index contributed by atoms with van der Waals surface area (Å²) in [6.07, 6.45) is 0.935. The molecule has 140 valence electrons. The van der Waals surface area contributed by atoms with Crippen LogP contribution in [0.4, 0.5) is 0 Å². The lowest BCUT2D eigenvalue weighted by atomic mass is 9.86. The van der Waals surface area contributed by atoms with Crippen LogP contribution in [0.3, 0.4) is 0 Å². The maximum Gasteiger partial charge on any atom is 0.335 e. The normalized spacial score (nSPS) is 12.8. The minimum Gasteiger partial charge on any atom is -0.478 e. The highest BCUT2D eigenvalue weighted by Gasteiger charge is 2.13.